The Bertz CT molecular complexity index is 1100. The average Bonchev–Trinajstić information content (AvgIpc) is 3.41. The molecule has 0 amide bonds. The van der Waals surface area contributed by atoms with E-state index in [2.05, 4.69) is 24.9 Å². The highest BCUT2D eigenvalue weighted by molar-refractivity contribution is 5.58. The summed E-state index contributed by atoms with van der Waals surface area (Å²) in [6, 6.07) is 18.2. The molecule has 0 saturated carbocycles. The molecule has 140 valence electrons. The first-order valence-electron chi connectivity index (χ1n) is 9.02. The van der Waals surface area contributed by atoms with Gasteiger partial charge in [0.15, 0.2) is 11.6 Å². The van der Waals surface area contributed by atoms with Crippen LogP contribution >= 0.6 is 0 Å². The van der Waals surface area contributed by atoms with Crippen molar-refractivity contribution in [1.82, 2.24) is 24.9 Å². The molecule has 0 unspecified atom stereocenters. The van der Waals surface area contributed by atoms with Gasteiger partial charge in [0.2, 0.25) is 5.82 Å². The molecule has 8 heteroatoms. The molecule has 0 N–H and O–H groups in total. The molecule has 0 bridgehead atoms. The van der Waals surface area contributed by atoms with Gasteiger partial charge in [-0.05, 0) is 12.1 Å². The molecule has 2 aromatic carbocycles. The van der Waals surface area contributed by atoms with E-state index in [9.17, 15) is 0 Å². The lowest BCUT2D eigenvalue weighted by molar-refractivity contribution is 0.401. The van der Waals surface area contributed by atoms with Crippen molar-refractivity contribution in [3.8, 4) is 28.5 Å². The van der Waals surface area contributed by atoms with Crippen LogP contribution < -0.4 is 9.64 Å². The van der Waals surface area contributed by atoms with Crippen LogP contribution in [-0.2, 0) is 13.1 Å². The Morgan fingerprint density at radius 2 is 1.82 bits per heavy atom. The number of aromatic nitrogens is 5. The summed E-state index contributed by atoms with van der Waals surface area (Å²) in [5.74, 6) is 3.05. The third kappa shape index (κ3) is 2.88. The van der Waals surface area contributed by atoms with E-state index in [1.54, 1.807) is 7.11 Å². The van der Waals surface area contributed by atoms with E-state index >= 15 is 0 Å². The van der Waals surface area contributed by atoms with Crippen LogP contribution in [0.1, 0.15) is 5.82 Å². The van der Waals surface area contributed by atoms with Gasteiger partial charge in [-0.3, -0.25) is 0 Å². The fourth-order valence-corrected chi connectivity index (χ4v) is 3.35. The molecular weight excluding hydrogens is 356 g/mol. The number of anilines is 1. The third-order valence-electron chi connectivity index (χ3n) is 4.80. The first-order chi connectivity index (χ1) is 13.8. The van der Waals surface area contributed by atoms with Gasteiger partial charge in [-0.1, -0.05) is 47.6 Å². The summed E-state index contributed by atoms with van der Waals surface area (Å²) >= 11 is 0. The minimum Gasteiger partial charge on any atom is -0.497 e. The molecule has 3 heterocycles. The Morgan fingerprint density at radius 1 is 0.964 bits per heavy atom. The van der Waals surface area contributed by atoms with Crippen molar-refractivity contribution in [1.29, 1.82) is 0 Å². The van der Waals surface area contributed by atoms with Crippen LogP contribution in [0.5, 0.6) is 5.75 Å². The molecule has 4 aromatic rings. The predicted octanol–water partition coefficient (Wildman–Crippen LogP) is 3.02. The molecule has 0 aliphatic carbocycles. The normalized spacial score (nSPS) is 13.4. The minimum absolute atomic E-state index is 0.480. The summed E-state index contributed by atoms with van der Waals surface area (Å²) < 4.78 is 12.9. The fourth-order valence-electron chi connectivity index (χ4n) is 3.35. The lowest BCUT2D eigenvalue weighted by Gasteiger charge is -2.25. The summed E-state index contributed by atoms with van der Waals surface area (Å²) in [5.41, 5.74) is 1.91. The number of hydrogen-bond donors (Lipinski definition) is 0. The highest BCUT2D eigenvalue weighted by Crippen LogP contribution is 2.27. The molecule has 28 heavy (non-hydrogen) atoms. The number of hydrogen-bond acceptors (Lipinski definition) is 7. The van der Waals surface area contributed by atoms with Crippen molar-refractivity contribution < 1.29 is 9.26 Å². The van der Waals surface area contributed by atoms with Crippen LogP contribution in [0, 0.1) is 0 Å². The molecule has 0 spiro atoms. The van der Waals surface area contributed by atoms with Crippen molar-refractivity contribution in [3.63, 3.8) is 0 Å². The third-order valence-corrected chi connectivity index (χ3v) is 4.80. The Balaban J connectivity index is 1.39. The zero-order valence-corrected chi connectivity index (χ0v) is 15.3. The molecule has 5 rings (SSSR count). The van der Waals surface area contributed by atoms with Crippen molar-refractivity contribution in [3.05, 3.63) is 60.4 Å². The summed E-state index contributed by atoms with van der Waals surface area (Å²) in [7, 11) is 1.63. The lowest BCUT2D eigenvalue weighted by Crippen LogP contribution is -2.34. The second-order valence-electron chi connectivity index (χ2n) is 6.51. The maximum Gasteiger partial charge on any atom is 0.324 e. The van der Waals surface area contributed by atoms with Crippen molar-refractivity contribution in [2.45, 2.75) is 13.1 Å². The van der Waals surface area contributed by atoms with E-state index in [0.717, 1.165) is 41.6 Å². The summed E-state index contributed by atoms with van der Waals surface area (Å²) in [4.78, 5) is 6.58. The molecule has 0 atom stereocenters. The minimum atomic E-state index is 0.480. The van der Waals surface area contributed by atoms with Gasteiger partial charge in [0.1, 0.15) is 5.75 Å². The van der Waals surface area contributed by atoms with Crippen molar-refractivity contribution >= 4 is 6.01 Å². The van der Waals surface area contributed by atoms with Gasteiger partial charge in [0, 0.05) is 24.2 Å². The standard InChI is InChI=1S/C20H18N6O2/c1-27-16-9-5-8-15(12-16)18-21-20(28-24-18)25-10-11-26-17(13-25)22-23-19(26)14-6-3-2-4-7-14/h2-9,12H,10-11,13H2,1H3. The van der Waals surface area contributed by atoms with Gasteiger partial charge < -0.3 is 18.7 Å². The van der Waals surface area contributed by atoms with Crippen molar-refractivity contribution in [2.24, 2.45) is 0 Å². The second kappa shape index (κ2) is 6.80. The molecular formula is C20H18N6O2. The molecule has 0 radical (unpaired) electrons. The highest BCUT2D eigenvalue weighted by Gasteiger charge is 2.25. The topological polar surface area (TPSA) is 82.1 Å². The van der Waals surface area contributed by atoms with Gasteiger partial charge in [-0.2, -0.15) is 4.98 Å². The summed E-state index contributed by atoms with van der Waals surface area (Å²) in [6.07, 6.45) is 0. The van der Waals surface area contributed by atoms with E-state index < -0.39 is 0 Å². The Hall–Kier alpha value is -3.68. The smallest absolute Gasteiger partial charge is 0.324 e. The van der Waals surface area contributed by atoms with E-state index in [-0.39, 0.29) is 0 Å². The molecule has 8 nitrogen and oxygen atoms in total. The Morgan fingerprint density at radius 3 is 2.68 bits per heavy atom. The number of nitrogens with zero attached hydrogens (tertiary/aromatic N) is 6. The summed E-state index contributed by atoms with van der Waals surface area (Å²) in [5, 5.41) is 12.9. The van der Waals surface area contributed by atoms with Crippen LogP contribution in [0.3, 0.4) is 0 Å². The molecule has 1 aliphatic rings. The molecule has 0 fully saturated rings. The SMILES string of the molecule is COc1cccc(-c2noc(N3CCn4c(nnc4-c4ccccc4)C3)n2)c1. The van der Waals surface area contributed by atoms with E-state index in [1.807, 2.05) is 59.5 Å². The van der Waals surface area contributed by atoms with Crippen LogP contribution in [0.25, 0.3) is 22.8 Å². The first kappa shape index (κ1) is 16.5. The predicted molar refractivity (Wildman–Crippen MR) is 103 cm³/mol. The first-order valence-corrected chi connectivity index (χ1v) is 9.02. The van der Waals surface area contributed by atoms with Crippen LogP contribution in [0.4, 0.5) is 6.01 Å². The Kier molecular flexibility index (Phi) is 4.01. The van der Waals surface area contributed by atoms with Crippen LogP contribution in [-0.4, -0.2) is 38.6 Å². The van der Waals surface area contributed by atoms with Crippen LogP contribution in [0.2, 0.25) is 0 Å². The number of ether oxygens (including phenoxy) is 1. The summed E-state index contributed by atoms with van der Waals surface area (Å²) in [6.45, 7) is 2.06. The number of fused-ring (bicyclic) bond motifs is 1. The highest BCUT2D eigenvalue weighted by atomic mass is 16.5. The van der Waals surface area contributed by atoms with E-state index in [4.69, 9.17) is 9.26 Å². The number of rotatable bonds is 4. The maximum absolute atomic E-state index is 5.51. The largest absolute Gasteiger partial charge is 0.497 e. The number of methoxy groups -OCH3 is 1. The van der Waals surface area contributed by atoms with Gasteiger partial charge in [-0.15, -0.1) is 10.2 Å². The van der Waals surface area contributed by atoms with Gasteiger partial charge >= 0.3 is 6.01 Å². The zero-order valence-electron chi connectivity index (χ0n) is 15.3. The van der Waals surface area contributed by atoms with E-state index in [1.165, 1.54) is 0 Å². The Labute approximate surface area is 161 Å². The van der Waals surface area contributed by atoms with Gasteiger partial charge in [0.25, 0.3) is 0 Å². The monoisotopic (exact) mass is 374 g/mol. The van der Waals surface area contributed by atoms with Gasteiger partial charge in [0.05, 0.1) is 13.7 Å². The van der Waals surface area contributed by atoms with E-state index in [0.29, 0.717) is 18.4 Å². The van der Waals surface area contributed by atoms with Gasteiger partial charge in [-0.25, -0.2) is 0 Å². The molecule has 0 saturated heterocycles. The maximum atomic E-state index is 5.51. The number of benzene rings is 2. The second-order valence-corrected chi connectivity index (χ2v) is 6.51. The van der Waals surface area contributed by atoms with Crippen LogP contribution in [0.15, 0.2) is 59.1 Å². The lowest BCUT2D eigenvalue weighted by atomic mass is 10.2. The fraction of sp³-hybridized carbons (Fsp3) is 0.200. The van der Waals surface area contributed by atoms with Crippen molar-refractivity contribution in [2.75, 3.05) is 18.6 Å². The quantitative estimate of drug-likeness (QED) is 0.543. The molecule has 1 aliphatic heterocycles. The zero-order chi connectivity index (χ0) is 18.9. The average molecular weight is 374 g/mol. The molecule has 2 aromatic heterocycles.